The zero-order valence-electron chi connectivity index (χ0n) is 16.9. The number of aromatic nitrogens is 1. The fourth-order valence-corrected chi connectivity index (χ4v) is 4.34. The molecule has 29 heavy (non-hydrogen) atoms. The van der Waals surface area contributed by atoms with Gasteiger partial charge in [-0.05, 0) is 63.1 Å². The van der Waals surface area contributed by atoms with E-state index in [2.05, 4.69) is 10.3 Å². The molecule has 0 aliphatic heterocycles. The van der Waals surface area contributed by atoms with Crippen LogP contribution in [0.3, 0.4) is 0 Å². The van der Waals surface area contributed by atoms with Crippen molar-refractivity contribution in [2.75, 3.05) is 11.1 Å². The first-order valence-electron chi connectivity index (χ1n) is 9.23. The number of hydrogen-bond acceptors (Lipinski definition) is 5. The van der Waals surface area contributed by atoms with E-state index in [0.717, 1.165) is 22.3 Å². The Morgan fingerprint density at radius 3 is 2.21 bits per heavy atom. The van der Waals surface area contributed by atoms with Crippen LogP contribution in [0.2, 0.25) is 0 Å². The Labute approximate surface area is 170 Å². The standard InChI is InChI=1S/C22H24N2O4S/c1-14-5-7-18(8-6-14)22-24-20(17(4)28-22)12-29(26,27)13-21(25)23-19-10-15(2)9-16(3)11-19/h5-11H,12-13H2,1-4H3,(H,23,25). The quantitative estimate of drug-likeness (QED) is 0.658. The minimum atomic E-state index is -3.71. The number of rotatable bonds is 6. The molecule has 0 spiro atoms. The topological polar surface area (TPSA) is 89.3 Å². The molecule has 0 bridgehead atoms. The van der Waals surface area contributed by atoms with Crippen LogP contribution in [0.15, 0.2) is 46.9 Å². The van der Waals surface area contributed by atoms with Gasteiger partial charge in [-0.2, -0.15) is 0 Å². The minimum Gasteiger partial charge on any atom is -0.441 e. The largest absolute Gasteiger partial charge is 0.441 e. The summed E-state index contributed by atoms with van der Waals surface area (Å²) in [4.78, 5) is 16.6. The highest BCUT2D eigenvalue weighted by molar-refractivity contribution is 7.91. The molecular formula is C22H24N2O4S. The molecule has 0 atom stereocenters. The van der Waals surface area contributed by atoms with Crippen molar-refractivity contribution in [2.24, 2.45) is 0 Å². The summed E-state index contributed by atoms with van der Waals surface area (Å²) in [6.45, 7) is 7.48. The Kier molecular flexibility index (Phi) is 5.88. The van der Waals surface area contributed by atoms with Crippen molar-refractivity contribution in [3.8, 4) is 11.5 Å². The predicted octanol–water partition coefficient (Wildman–Crippen LogP) is 4.13. The molecule has 152 valence electrons. The highest BCUT2D eigenvalue weighted by Crippen LogP contribution is 2.23. The van der Waals surface area contributed by atoms with Crippen molar-refractivity contribution < 1.29 is 17.6 Å². The van der Waals surface area contributed by atoms with Crippen molar-refractivity contribution in [1.82, 2.24) is 4.98 Å². The fraction of sp³-hybridized carbons (Fsp3) is 0.273. The van der Waals surface area contributed by atoms with Gasteiger partial charge < -0.3 is 9.73 Å². The number of benzene rings is 2. The molecule has 7 heteroatoms. The summed E-state index contributed by atoms with van der Waals surface area (Å²) >= 11 is 0. The van der Waals surface area contributed by atoms with E-state index in [1.54, 1.807) is 19.1 Å². The second-order valence-corrected chi connectivity index (χ2v) is 9.41. The third-order valence-electron chi connectivity index (χ3n) is 4.40. The molecule has 1 heterocycles. The van der Waals surface area contributed by atoms with Crippen LogP contribution >= 0.6 is 0 Å². The summed E-state index contributed by atoms with van der Waals surface area (Å²) in [6.07, 6.45) is 0. The number of carbonyl (C=O) groups is 1. The molecule has 1 aromatic heterocycles. The Balaban J connectivity index is 1.70. The number of amides is 1. The third kappa shape index (κ3) is 5.54. The molecule has 3 rings (SSSR count). The van der Waals surface area contributed by atoms with Gasteiger partial charge in [-0.1, -0.05) is 23.8 Å². The maximum Gasteiger partial charge on any atom is 0.239 e. The second-order valence-electron chi connectivity index (χ2n) is 7.34. The van der Waals surface area contributed by atoms with Crippen LogP contribution in [0.1, 0.15) is 28.1 Å². The monoisotopic (exact) mass is 412 g/mol. The van der Waals surface area contributed by atoms with E-state index >= 15 is 0 Å². The van der Waals surface area contributed by atoms with Gasteiger partial charge in [0, 0.05) is 11.3 Å². The van der Waals surface area contributed by atoms with E-state index in [-0.39, 0.29) is 5.75 Å². The molecule has 0 unspecified atom stereocenters. The van der Waals surface area contributed by atoms with E-state index in [0.29, 0.717) is 23.0 Å². The van der Waals surface area contributed by atoms with E-state index in [4.69, 9.17) is 4.42 Å². The van der Waals surface area contributed by atoms with E-state index in [9.17, 15) is 13.2 Å². The minimum absolute atomic E-state index is 0.319. The van der Waals surface area contributed by atoms with Crippen molar-refractivity contribution in [1.29, 1.82) is 0 Å². The van der Waals surface area contributed by atoms with Crippen molar-refractivity contribution in [3.05, 3.63) is 70.6 Å². The van der Waals surface area contributed by atoms with Crippen LogP contribution in [0.25, 0.3) is 11.5 Å². The van der Waals surface area contributed by atoms with Gasteiger partial charge in [0.15, 0.2) is 9.84 Å². The molecule has 0 aliphatic rings. The van der Waals surface area contributed by atoms with Gasteiger partial charge in [-0.25, -0.2) is 13.4 Å². The Morgan fingerprint density at radius 1 is 0.966 bits per heavy atom. The summed E-state index contributed by atoms with van der Waals surface area (Å²) in [5, 5.41) is 2.65. The van der Waals surface area contributed by atoms with Gasteiger partial charge in [0.25, 0.3) is 0 Å². The number of sulfone groups is 1. The molecule has 0 fully saturated rings. The zero-order valence-corrected chi connectivity index (χ0v) is 17.8. The summed E-state index contributed by atoms with van der Waals surface area (Å²) in [5.74, 6) is -0.748. The highest BCUT2D eigenvalue weighted by atomic mass is 32.2. The van der Waals surface area contributed by atoms with Crippen molar-refractivity contribution >= 4 is 21.4 Å². The van der Waals surface area contributed by atoms with Crippen LogP contribution in [0.5, 0.6) is 0 Å². The van der Waals surface area contributed by atoms with Gasteiger partial charge in [-0.15, -0.1) is 0 Å². The SMILES string of the molecule is Cc1ccc(-c2nc(CS(=O)(=O)CC(=O)Nc3cc(C)cc(C)c3)c(C)o2)cc1. The number of aryl methyl sites for hydroxylation is 4. The van der Waals surface area contributed by atoms with Crippen LogP contribution < -0.4 is 5.32 Å². The van der Waals surface area contributed by atoms with Crippen molar-refractivity contribution in [2.45, 2.75) is 33.4 Å². The lowest BCUT2D eigenvalue weighted by Crippen LogP contribution is -2.24. The maximum absolute atomic E-state index is 12.5. The molecule has 1 amide bonds. The first kappa shape index (κ1) is 20.8. The van der Waals surface area contributed by atoms with Gasteiger partial charge in [0.2, 0.25) is 11.8 Å². The van der Waals surface area contributed by atoms with E-state index < -0.39 is 21.5 Å². The van der Waals surface area contributed by atoms with E-state index in [1.807, 2.05) is 51.1 Å². The number of oxazole rings is 1. The molecule has 0 radical (unpaired) electrons. The van der Waals surface area contributed by atoms with Crippen LogP contribution in [-0.2, 0) is 20.4 Å². The zero-order chi connectivity index (χ0) is 21.2. The molecule has 1 N–H and O–H groups in total. The van der Waals surface area contributed by atoms with Gasteiger partial charge in [0.05, 0.1) is 11.4 Å². The first-order valence-corrected chi connectivity index (χ1v) is 11.1. The fourth-order valence-electron chi connectivity index (χ4n) is 3.08. The molecule has 2 aromatic carbocycles. The lowest BCUT2D eigenvalue weighted by molar-refractivity contribution is -0.113. The Bertz CT molecular complexity index is 1130. The highest BCUT2D eigenvalue weighted by Gasteiger charge is 2.22. The summed E-state index contributed by atoms with van der Waals surface area (Å²) in [6, 6.07) is 13.2. The molecule has 0 saturated heterocycles. The molecular weight excluding hydrogens is 388 g/mol. The van der Waals surface area contributed by atoms with Crippen LogP contribution in [-0.4, -0.2) is 25.1 Å². The Hall–Kier alpha value is -2.93. The first-order chi connectivity index (χ1) is 13.6. The summed E-state index contributed by atoms with van der Waals surface area (Å²) in [7, 11) is -3.71. The van der Waals surface area contributed by atoms with Crippen LogP contribution in [0, 0.1) is 27.7 Å². The van der Waals surface area contributed by atoms with Crippen LogP contribution in [0.4, 0.5) is 5.69 Å². The molecule has 0 saturated carbocycles. The third-order valence-corrected chi connectivity index (χ3v) is 5.82. The average Bonchev–Trinajstić information content (AvgIpc) is 2.93. The van der Waals surface area contributed by atoms with Crippen molar-refractivity contribution in [3.63, 3.8) is 0 Å². The predicted molar refractivity (Wildman–Crippen MR) is 113 cm³/mol. The Morgan fingerprint density at radius 2 is 1.59 bits per heavy atom. The number of hydrogen-bond donors (Lipinski definition) is 1. The lowest BCUT2D eigenvalue weighted by Gasteiger charge is -2.08. The van der Waals surface area contributed by atoms with Gasteiger partial charge >= 0.3 is 0 Å². The van der Waals surface area contributed by atoms with E-state index in [1.165, 1.54) is 0 Å². The smallest absolute Gasteiger partial charge is 0.239 e. The molecule has 0 aliphatic carbocycles. The summed E-state index contributed by atoms with van der Waals surface area (Å²) in [5.41, 5.74) is 4.77. The molecule has 3 aromatic rings. The average molecular weight is 413 g/mol. The summed E-state index contributed by atoms with van der Waals surface area (Å²) < 4.78 is 30.7. The number of nitrogens with zero attached hydrogens (tertiary/aromatic N) is 1. The number of nitrogens with one attached hydrogen (secondary N) is 1. The maximum atomic E-state index is 12.5. The van der Waals surface area contributed by atoms with Gasteiger partial charge in [-0.3, -0.25) is 4.79 Å². The second kappa shape index (κ2) is 8.21. The lowest BCUT2D eigenvalue weighted by atomic mass is 10.1. The normalized spacial score (nSPS) is 11.4. The number of carbonyl (C=O) groups excluding carboxylic acids is 1. The molecule has 6 nitrogen and oxygen atoms in total. The van der Waals surface area contributed by atoms with Gasteiger partial charge in [0.1, 0.15) is 11.5 Å². The number of anilines is 1.